The molecule has 0 aromatic carbocycles. The molecule has 42 valence electrons. The third kappa shape index (κ3) is 0.832. The molecule has 0 saturated heterocycles. The van der Waals surface area contributed by atoms with Crippen molar-refractivity contribution in [2.75, 3.05) is 6.54 Å². The van der Waals surface area contributed by atoms with Crippen LogP contribution in [0.1, 0.15) is 6.42 Å². The van der Waals surface area contributed by atoms with E-state index >= 15 is 0 Å². The maximum atomic E-state index is 3.77. The fourth-order valence-electron chi connectivity index (χ4n) is 0.535. The third-order valence-electron chi connectivity index (χ3n) is 1.11. The van der Waals surface area contributed by atoms with E-state index in [1.807, 2.05) is 0 Å². The molecule has 0 radical (unpaired) electrons. The summed E-state index contributed by atoms with van der Waals surface area (Å²) in [5.41, 5.74) is 1.75. The number of azo groups is 1. The molecule has 0 unspecified atom stereocenters. The highest BCUT2D eigenvalue weighted by atomic mass is 15.1. The van der Waals surface area contributed by atoms with Crippen molar-refractivity contribution in [1.29, 1.82) is 0 Å². The van der Waals surface area contributed by atoms with Crippen LogP contribution in [0, 0.1) is 0 Å². The molecule has 1 rings (SSSR count). The Hall–Kier alpha value is -0.920. The Labute approximate surface area is 48.6 Å². The Morgan fingerprint density at radius 2 is 2.12 bits per heavy atom. The average Bonchev–Trinajstić information content (AvgIpc) is 1.77. The van der Waals surface area contributed by atoms with Crippen LogP contribution in [0.3, 0.4) is 0 Å². The highest BCUT2D eigenvalue weighted by Crippen LogP contribution is 2.15. The van der Waals surface area contributed by atoms with Crippen molar-refractivity contribution < 1.29 is 0 Å². The van der Waals surface area contributed by atoms with Gasteiger partial charge in [-0.15, -0.1) is 0 Å². The van der Waals surface area contributed by atoms with Gasteiger partial charge in [-0.25, -0.2) is 0 Å². The normalized spacial score (nSPS) is 19.5. The van der Waals surface area contributed by atoms with E-state index in [4.69, 9.17) is 0 Å². The van der Waals surface area contributed by atoms with Gasteiger partial charge < -0.3 is 0 Å². The summed E-state index contributed by atoms with van der Waals surface area (Å²) in [6.45, 7) is 8.15. The molecule has 0 fully saturated rings. The number of allylic oxidation sites excluding steroid dienone is 1. The van der Waals surface area contributed by atoms with Crippen molar-refractivity contribution in [3.8, 4) is 0 Å². The van der Waals surface area contributed by atoms with Gasteiger partial charge >= 0.3 is 0 Å². The summed E-state index contributed by atoms with van der Waals surface area (Å²) in [5, 5.41) is 7.52. The van der Waals surface area contributed by atoms with Crippen LogP contribution in [0.15, 0.2) is 34.7 Å². The topological polar surface area (TPSA) is 24.7 Å². The number of hydrogen-bond donors (Lipinski definition) is 0. The summed E-state index contributed by atoms with van der Waals surface area (Å²) >= 11 is 0. The van der Waals surface area contributed by atoms with Gasteiger partial charge in [-0.05, 0) is 12.0 Å². The minimum atomic E-state index is 0.733. The van der Waals surface area contributed by atoms with Gasteiger partial charge in [-0.2, -0.15) is 10.2 Å². The largest absolute Gasteiger partial charge is 0.188 e. The van der Waals surface area contributed by atoms with Gasteiger partial charge in [0.15, 0.2) is 0 Å². The molecule has 0 aromatic heterocycles. The quantitative estimate of drug-likeness (QED) is 0.453. The average molecular weight is 108 g/mol. The molecule has 2 heteroatoms. The second-order valence-corrected chi connectivity index (χ2v) is 1.77. The number of rotatable bonds is 0. The first-order valence-corrected chi connectivity index (χ1v) is 2.55. The van der Waals surface area contributed by atoms with Crippen molar-refractivity contribution in [3.63, 3.8) is 0 Å². The predicted octanol–water partition coefficient (Wildman–Crippen LogP) is 1.91. The third-order valence-corrected chi connectivity index (χ3v) is 1.11. The van der Waals surface area contributed by atoms with Crippen molar-refractivity contribution in [2.24, 2.45) is 10.2 Å². The summed E-state index contributed by atoms with van der Waals surface area (Å²) in [7, 11) is 0. The Morgan fingerprint density at radius 1 is 1.38 bits per heavy atom. The van der Waals surface area contributed by atoms with Crippen LogP contribution in [-0.4, -0.2) is 6.54 Å². The second-order valence-electron chi connectivity index (χ2n) is 1.77. The molecule has 0 amide bonds. The number of nitrogens with zero attached hydrogens (tertiary/aromatic N) is 2. The lowest BCUT2D eigenvalue weighted by Crippen LogP contribution is -1.92. The maximum absolute atomic E-state index is 3.77. The van der Waals surface area contributed by atoms with Crippen LogP contribution in [-0.2, 0) is 0 Å². The van der Waals surface area contributed by atoms with Gasteiger partial charge in [-0.3, -0.25) is 0 Å². The molecule has 1 aliphatic rings. The first-order chi connectivity index (χ1) is 3.80. The molecular weight excluding hydrogens is 100 g/mol. The van der Waals surface area contributed by atoms with Crippen LogP contribution in [0.25, 0.3) is 0 Å². The van der Waals surface area contributed by atoms with E-state index in [0.717, 1.165) is 24.2 Å². The Morgan fingerprint density at radius 3 is 2.50 bits per heavy atom. The van der Waals surface area contributed by atoms with Gasteiger partial charge in [0.25, 0.3) is 0 Å². The summed E-state index contributed by atoms with van der Waals surface area (Å²) in [4.78, 5) is 0. The van der Waals surface area contributed by atoms with E-state index in [9.17, 15) is 0 Å². The lowest BCUT2D eigenvalue weighted by atomic mass is 10.1. The molecule has 1 heterocycles. The minimum Gasteiger partial charge on any atom is -0.188 e. The van der Waals surface area contributed by atoms with Crippen molar-refractivity contribution in [1.82, 2.24) is 0 Å². The van der Waals surface area contributed by atoms with E-state index in [1.165, 1.54) is 0 Å². The lowest BCUT2D eigenvalue weighted by molar-refractivity contribution is 0.830. The molecule has 2 nitrogen and oxygen atoms in total. The van der Waals surface area contributed by atoms with Gasteiger partial charge in [0.05, 0.1) is 12.2 Å². The van der Waals surface area contributed by atoms with E-state index in [2.05, 4.69) is 23.4 Å². The number of hydrogen-bond acceptors (Lipinski definition) is 2. The first kappa shape index (κ1) is 5.22. The molecule has 8 heavy (non-hydrogen) atoms. The zero-order valence-corrected chi connectivity index (χ0v) is 4.72. The van der Waals surface area contributed by atoms with Crippen LogP contribution < -0.4 is 0 Å². The molecule has 0 aromatic rings. The summed E-state index contributed by atoms with van der Waals surface area (Å²) in [5.74, 6) is 0. The van der Waals surface area contributed by atoms with E-state index in [0.29, 0.717) is 0 Å². The van der Waals surface area contributed by atoms with E-state index in [1.54, 1.807) is 0 Å². The molecule has 0 N–H and O–H groups in total. The van der Waals surface area contributed by atoms with E-state index in [-0.39, 0.29) is 0 Å². The maximum Gasteiger partial charge on any atom is 0.0807 e. The molecule has 0 spiro atoms. The monoisotopic (exact) mass is 108 g/mol. The highest BCUT2D eigenvalue weighted by Gasteiger charge is 2.01. The zero-order valence-electron chi connectivity index (χ0n) is 4.72. The van der Waals surface area contributed by atoms with Crippen LogP contribution in [0.2, 0.25) is 0 Å². The van der Waals surface area contributed by atoms with Crippen LogP contribution in [0.5, 0.6) is 0 Å². The summed E-state index contributed by atoms with van der Waals surface area (Å²) < 4.78 is 0. The van der Waals surface area contributed by atoms with E-state index < -0.39 is 0 Å². The standard InChI is InChI=1S/C6H8N2/c1-5-3-4-7-8-6(5)2/h1-4H2. The zero-order chi connectivity index (χ0) is 5.98. The summed E-state index contributed by atoms with van der Waals surface area (Å²) in [6.07, 6.45) is 0.919. The Balaban J connectivity index is 2.75. The Bertz CT molecular complexity index is 156. The SMILES string of the molecule is C=C1CCN=NC1=C. The van der Waals surface area contributed by atoms with Crippen molar-refractivity contribution in [2.45, 2.75) is 6.42 Å². The Kier molecular flexibility index (Phi) is 1.24. The smallest absolute Gasteiger partial charge is 0.0807 e. The van der Waals surface area contributed by atoms with Crippen molar-refractivity contribution in [3.05, 3.63) is 24.4 Å². The molecule has 0 saturated carbocycles. The minimum absolute atomic E-state index is 0.733. The van der Waals surface area contributed by atoms with Gasteiger partial charge in [-0.1, -0.05) is 13.2 Å². The predicted molar refractivity (Wildman–Crippen MR) is 32.6 cm³/mol. The molecular formula is C6H8N2. The fourth-order valence-corrected chi connectivity index (χ4v) is 0.535. The second kappa shape index (κ2) is 1.90. The van der Waals surface area contributed by atoms with Gasteiger partial charge in [0.1, 0.15) is 0 Å². The molecule has 0 aliphatic carbocycles. The highest BCUT2D eigenvalue weighted by molar-refractivity contribution is 5.24. The van der Waals surface area contributed by atoms with Gasteiger partial charge in [0, 0.05) is 0 Å². The van der Waals surface area contributed by atoms with Crippen molar-refractivity contribution >= 4 is 0 Å². The lowest BCUT2D eigenvalue weighted by Gasteiger charge is -2.05. The fraction of sp³-hybridized carbons (Fsp3) is 0.333. The molecule has 1 aliphatic heterocycles. The summed E-state index contributed by atoms with van der Waals surface area (Å²) in [6, 6.07) is 0. The first-order valence-electron chi connectivity index (χ1n) is 2.55. The van der Waals surface area contributed by atoms with Crippen LogP contribution >= 0.6 is 0 Å². The molecule has 0 bridgehead atoms. The van der Waals surface area contributed by atoms with Crippen LogP contribution in [0.4, 0.5) is 0 Å². The van der Waals surface area contributed by atoms with Gasteiger partial charge in [0.2, 0.25) is 0 Å². The molecule has 0 atom stereocenters.